The van der Waals surface area contributed by atoms with Gasteiger partial charge in [0, 0.05) is 17.8 Å². The van der Waals surface area contributed by atoms with Crippen molar-refractivity contribution in [1.29, 1.82) is 0 Å². The summed E-state index contributed by atoms with van der Waals surface area (Å²) in [5.41, 5.74) is 6.06. The van der Waals surface area contributed by atoms with Gasteiger partial charge in [-0.25, -0.2) is 0 Å². The van der Waals surface area contributed by atoms with Crippen LogP contribution in [0.2, 0.25) is 0 Å². The molecule has 0 atom stereocenters. The number of hydrogen-bond donors (Lipinski definition) is 0. The highest BCUT2D eigenvalue weighted by Gasteiger charge is 2.33. The standard InChI is InChI=1S/C18H28N2O/c1-10(2)14-9-20(13(7)8)17(12(5)6)15-16(11(3)4)19-21-18(14)15/h9-11,13H,1-8H3. The Morgan fingerprint density at radius 1 is 1.05 bits per heavy atom. The number of aromatic nitrogens is 1. The van der Waals surface area contributed by atoms with Gasteiger partial charge in [-0.05, 0) is 39.5 Å². The van der Waals surface area contributed by atoms with Gasteiger partial charge in [-0.1, -0.05) is 38.4 Å². The summed E-state index contributed by atoms with van der Waals surface area (Å²) < 4.78 is 5.75. The van der Waals surface area contributed by atoms with Crippen molar-refractivity contribution in [2.45, 2.75) is 67.3 Å². The van der Waals surface area contributed by atoms with E-state index in [1.54, 1.807) is 0 Å². The van der Waals surface area contributed by atoms with Crippen LogP contribution in [0, 0.1) is 5.92 Å². The fourth-order valence-corrected chi connectivity index (χ4v) is 2.85. The molecule has 0 fully saturated rings. The molecule has 0 saturated heterocycles. The molecule has 0 spiro atoms. The first-order valence-corrected chi connectivity index (χ1v) is 7.93. The minimum absolute atomic E-state index is 0.354. The van der Waals surface area contributed by atoms with Crippen molar-refractivity contribution in [3.8, 4) is 0 Å². The Bertz CT molecular complexity index is 584. The van der Waals surface area contributed by atoms with E-state index in [2.05, 4.69) is 71.6 Å². The molecule has 0 saturated carbocycles. The van der Waals surface area contributed by atoms with Gasteiger partial charge in [-0.3, -0.25) is 0 Å². The lowest BCUT2D eigenvalue weighted by molar-refractivity contribution is 0.387. The van der Waals surface area contributed by atoms with E-state index in [0.29, 0.717) is 17.9 Å². The minimum atomic E-state index is 0.354. The van der Waals surface area contributed by atoms with E-state index in [-0.39, 0.29) is 0 Å². The van der Waals surface area contributed by atoms with Crippen LogP contribution >= 0.6 is 0 Å². The lowest BCUT2D eigenvalue weighted by atomic mass is 9.89. The largest absolute Gasteiger partial charge is 0.356 e. The SMILES string of the molecule is CC(C)=C1c2c(C(C)C)noc2C(C(C)C)=CN1C(C)C. The maximum Gasteiger partial charge on any atom is 0.174 e. The summed E-state index contributed by atoms with van der Waals surface area (Å²) in [5, 5.41) is 4.38. The van der Waals surface area contributed by atoms with Gasteiger partial charge in [0.05, 0.1) is 17.0 Å². The van der Waals surface area contributed by atoms with E-state index in [1.165, 1.54) is 22.4 Å². The first kappa shape index (κ1) is 15.9. The van der Waals surface area contributed by atoms with Crippen molar-refractivity contribution in [2.75, 3.05) is 0 Å². The fourth-order valence-electron chi connectivity index (χ4n) is 2.85. The molecule has 1 aromatic heterocycles. The quantitative estimate of drug-likeness (QED) is 0.758. The molecule has 0 bridgehead atoms. The van der Waals surface area contributed by atoms with Gasteiger partial charge in [0.25, 0.3) is 0 Å². The third-order valence-corrected chi connectivity index (χ3v) is 3.95. The van der Waals surface area contributed by atoms with Crippen LogP contribution in [0.1, 0.15) is 78.3 Å². The van der Waals surface area contributed by atoms with Crippen LogP contribution in [-0.4, -0.2) is 16.1 Å². The summed E-state index contributed by atoms with van der Waals surface area (Å²) in [6, 6.07) is 0.409. The summed E-state index contributed by atoms with van der Waals surface area (Å²) in [5.74, 6) is 1.73. The van der Waals surface area contributed by atoms with E-state index >= 15 is 0 Å². The molecule has 1 aliphatic heterocycles. The molecular formula is C18H28N2O. The maximum absolute atomic E-state index is 5.75. The van der Waals surface area contributed by atoms with Gasteiger partial charge in [0.15, 0.2) is 5.76 Å². The Labute approximate surface area is 128 Å². The Morgan fingerprint density at radius 2 is 1.67 bits per heavy atom. The molecule has 3 heteroatoms. The van der Waals surface area contributed by atoms with Crippen LogP contribution in [0.5, 0.6) is 0 Å². The van der Waals surface area contributed by atoms with E-state index < -0.39 is 0 Å². The Balaban J connectivity index is 2.77. The van der Waals surface area contributed by atoms with Gasteiger partial charge >= 0.3 is 0 Å². The molecule has 0 aliphatic carbocycles. The van der Waals surface area contributed by atoms with Crippen molar-refractivity contribution in [3.05, 3.63) is 28.8 Å². The number of nitrogens with zero attached hydrogens (tertiary/aromatic N) is 2. The minimum Gasteiger partial charge on any atom is -0.356 e. The summed E-state index contributed by atoms with van der Waals surface area (Å²) in [6.45, 7) is 17.6. The Morgan fingerprint density at radius 3 is 2.10 bits per heavy atom. The first-order valence-electron chi connectivity index (χ1n) is 7.93. The van der Waals surface area contributed by atoms with E-state index in [4.69, 9.17) is 4.52 Å². The van der Waals surface area contributed by atoms with Crippen molar-refractivity contribution in [3.63, 3.8) is 0 Å². The molecule has 0 unspecified atom stereocenters. The highest BCUT2D eigenvalue weighted by molar-refractivity contribution is 5.84. The third-order valence-electron chi connectivity index (χ3n) is 3.95. The number of allylic oxidation sites excluding steroid dienone is 2. The molecule has 1 aliphatic rings. The fraction of sp³-hybridized carbons (Fsp3) is 0.611. The lowest BCUT2D eigenvalue weighted by Crippen LogP contribution is -2.29. The van der Waals surface area contributed by atoms with Crippen molar-refractivity contribution >= 4 is 11.3 Å². The number of fused-ring (bicyclic) bond motifs is 1. The summed E-state index contributed by atoms with van der Waals surface area (Å²) in [7, 11) is 0. The first-order chi connectivity index (χ1) is 9.75. The number of hydrogen-bond acceptors (Lipinski definition) is 3. The Kier molecular flexibility index (Phi) is 4.31. The molecule has 0 N–H and O–H groups in total. The van der Waals surface area contributed by atoms with Gasteiger partial charge in [0.2, 0.25) is 0 Å². The summed E-state index contributed by atoms with van der Waals surface area (Å²) in [6.07, 6.45) is 2.25. The van der Waals surface area contributed by atoms with Gasteiger partial charge in [-0.2, -0.15) is 0 Å². The zero-order chi connectivity index (χ0) is 15.9. The average Bonchev–Trinajstić information content (AvgIpc) is 2.80. The van der Waals surface area contributed by atoms with E-state index in [9.17, 15) is 0 Å². The zero-order valence-corrected chi connectivity index (χ0v) is 14.6. The summed E-state index contributed by atoms with van der Waals surface area (Å²) in [4.78, 5) is 2.37. The molecule has 21 heavy (non-hydrogen) atoms. The van der Waals surface area contributed by atoms with E-state index in [0.717, 1.165) is 11.5 Å². The second kappa shape index (κ2) is 5.70. The zero-order valence-electron chi connectivity index (χ0n) is 14.6. The maximum atomic E-state index is 5.75. The molecule has 1 aromatic rings. The van der Waals surface area contributed by atoms with Gasteiger partial charge in [-0.15, -0.1) is 0 Å². The highest BCUT2D eigenvalue weighted by Crippen LogP contribution is 2.43. The lowest BCUT2D eigenvalue weighted by Gasteiger charge is -2.34. The predicted molar refractivity (Wildman–Crippen MR) is 88.7 cm³/mol. The second-order valence-corrected chi connectivity index (χ2v) is 7.02. The topological polar surface area (TPSA) is 29.3 Å². The van der Waals surface area contributed by atoms with E-state index in [1.807, 2.05) is 0 Å². The molecular weight excluding hydrogens is 260 g/mol. The van der Waals surface area contributed by atoms with Crippen molar-refractivity contribution in [1.82, 2.24) is 10.1 Å². The van der Waals surface area contributed by atoms with Crippen LogP contribution in [0.15, 0.2) is 16.3 Å². The second-order valence-electron chi connectivity index (χ2n) is 7.02. The smallest absolute Gasteiger partial charge is 0.174 e. The van der Waals surface area contributed by atoms with Gasteiger partial charge < -0.3 is 9.42 Å². The van der Waals surface area contributed by atoms with Crippen molar-refractivity contribution in [2.24, 2.45) is 5.92 Å². The predicted octanol–water partition coefficient (Wildman–Crippen LogP) is 5.27. The van der Waals surface area contributed by atoms with Crippen LogP contribution < -0.4 is 0 Å². The van der Waals surface area contributed by atoms with Crippen LogP contribution in [0.4, 0.5) is 0 Å². The Hall–Kier alpha value is -1.51. The average molecular weight is 288 g/mol. The molecule has 3 nitrogen and oxygen atoms in total. The third kappa shape index (κ3) is 2.66. The van der Waals surface area contributed by atoms with Crippen LogP contribution in [-0.2, 0) is 0 Å². The molecule has 0 aromatic carbocycles. The molecule has 0 radical (unpaired) electrons. The normalized spacial score (nSPS) is 15.1. The number of rotatable bonds is 3. The monoisotopic (exact) mass is 288 g/mol. The van der Waals surface area contributed by atoms with Crippen LogP contribution in [0.3, 0.4) is 0 Å². The van der Waals surface area contributed by atoms with Crippen molar-refractivity contribution < 1.29 is 4.52 Å². The highest BCUT2D eigenvalue weighted by atomic mass is 16.5. The van der Waals surface area contributed by atoms with Gasteiger partial charge in [0.1, 0.15) is 0 Å². The molecule has 116 valence electrons. The molecule has 0 amide bonds. The molecule has 2 heterocycles. The molecule has 2 rings (SSSR count). The summed E-state index contributed by atoms with van der Waals surface area (Å²) >= 11 is 0. The van der Waals surface area contributed by atoms with Crippen LogP contribution in [0.25, 0.3) is 11.3 Å².